The van der Waals surface area contributed by atoms with Gasteiger partial charge in [0, 0.05) is 17.6 Å². The van der Waals surface area contributed by atoms with Crippen LogP contribution in [0.25, 0.3) is 0 Å². The van der Waals surface area contributed by atoms with E-state index < -0.39 is 0 Å². The summed E-state index contributed by atoms with van der Waals surface area (Å²) in [5.74, 6) is 1.31. The van der Waals surface area contributed by atoms with E-state index in [1.54, 1.807) is 7.11 Å². The van der Waals surface area contributed by atoms with E-state index in [4.69, 9.17) is 21.1 Å². The molecule has 19 heavy (non-hydrogen) atoms. The van der Waals surface area contributed by atoms with Gasteiger partial charge in [0.2, 0.25) is 0 Å². The lowest BCUT2D eigenvalue weighted by molar-refractivity contribution is 0.321. The van der Waals surface area contributed by atoms with Gasteiger partial charge < -0.3 is 14.8 Å². The first-order valence-corrected chi connectivity index (χ1v) is 7.17. The van der Waals surface area contributed by atoms with Crippen LogP contribution in [0.4, 0.5) is 0 Å². The highest BCUT2D eigenvalue weighted by Crippen LogP contribution is 2.37. The Bertz CT molecular complexity index is 449. The fourth-order valence-electron chi connectivity index (χ4n) is 1.49. The fourth-order valence-corrected chi connectivity index (χ4v) is 2.15. The maximum Gasteiger partial charge on any atom is 0.175 e. The van der Waals surface area contributed by atoms with E-state index in [-0.39, 0.29) is 6.61 Å². The number of benzene rings is 1. The van der Waals surface area contributed by atoms with Crippen molar-refractivity contribution in [2.24, 2.45) is 0 Å². The molecule has 0 atom stereocenters. The second-order valence-electron chi connectivity index (χ2n) is 4.45. The molecule has 0 fully saturated rings. The van der Waals surface area contributed by atoms with Crippen molar-refractivity contribution in [3.63, 3.8) is 0 Å². The first-order valence-electron chi connectivity index (χ1n) is 6.00. The van der Waals surface area contributed by atoms with Crippen LogP contribution in [0, 0.1) is 0 Å². The molecular formula is C14H19BrClNO2. The molecule has 0 heterocycles. The molecule has 0 aromatic heterocycles. The molecule has 0 amide bonds. The number of methoxy groups -OCH3 is 1. The SMILES string of the molecule is C=C(Cl)COc1c(Br)cc(CNC(C)C)cc1OC. The number of nitrogens with one attached hydrogen (secondary N) is 1. The lowest BCUT2D eigenvalue weighted by Gasteiger charge is -2.15. The van der Waals surface area contributed by atoms with Gasteiger partial charge in [0.1, 0.15) is 6.61 Å². The van der Waals surface area contributed by atoms with Crippen LogP contribution < -0.4 is 14.8 Å². The molecule has 5 heteroatoms. The van der Waals surface area contributed by atoms with Crippen molar-refractivity contribution < 1.29 is 9.47 Å². The van der Waals surface area contributed by atoms with Crippen molar-refractivity contribution in [3.8, 4) is 11.5 Å². The summed E-state index contributed by atoms with van der Waals surface area (Å²) in [6, 6.07) is 4.39. The van der Waals surface area contributed by atoms with Gasteiger partial charge in [-0.05, 0) is 33.6 Å². The van der Waals surface area contributed by atoms with E-state index in [2.05, 4.69) is 41.7 Å². The zero-order valence-corrected chi connectivity index (χ0v) is 13.8. The Hall–Kier alpha value is -0.710. The summed E-state index contributed by atoms with van der Waals surface area (Å²) >= 11 is 9.20. The average Bonchev–Trinajstić information content (AvgIpc) is 2.34. The molecule has 0 spiro atoms. The highest BCUT2D eigenvalue weighted by molar-refractivity contribution is 9.10. The largest absolute Gasteiger partial charge is 0.493 e. The van der Waals surface area contributed by atoms with Crippen LogP contribution in [0.5, 0.6) is 11.5 Å². The minimum Gasteiger partial charge on any atom is -0.493 e. The van der Waals surface area contributed by atoms with E-state index in [0.29, 0.717) is 22.6 Å². The van der Waals surface area contributed by atoms with Gasteiger partial charge in [-0.2, -0.15) is 0 Å². The molecule has 0 saturated carbocycles. The lowest BCUT2D eigenvalue weighted by atomic mass is 10.2. The molecule has 0 unspecified atom stereocenters. The lowest BCUT2D eigenvalue weighted by Crippen LogP contribution is -2.21. The topological polar surface area (TPSA) is 30.5 Å². The molecule has 0 radical (unpaired) electrons. The first-order chi connectivity index (χ1) is 8.93. The van der Waals surface area contributed by atoms with Crippen LogP contribution in [0.3, 0.4) is 0 Å². The Morgan fingerprint density at radius 2 is 2.16 bits per heavy atom. The normalized spacial score (nSPS) is 10.6. The zero-order valence-electron chi connectivity index (χ0n) is 11.4. The zero-order chi connectivity index (χ0) is 14.4. The van der Waals surface area contributed by atoms with Crippen LogP contribution in [0.1, 0.15) is 19.4 Å². The van der Waals surface area contributed by atoms with E-state index in [9.17, 15) is 0 Å². The number of rotatable bonds is 7. The predicted octanol–water partition coefficient (Wildman–Crippen LogP) is 4.09. The second-order valence-corrected chi connectivity index (χ2v) is 5.84. The van der Waals surface area contributed by atoms with Crippen molar-refractivity contribution in [1.29, 1.82) is 0 Å². The average molecular weight is 349 g/mol. The van der Waals surface area contributed by atoms with Crippen molar-refractivity contribution >= 4 is 27.5 Å². The molecule has 0 bridgehead atoms. The summed E-state index contributed by atoms with van der Waals surface area (Å²) in [6.45, 7) is 8.83. The van der Waals surface area contributed by atoms with Gasteiger partial charge >= 0.3 is 0 Å². The van der Waals surface area contributed by atoms with E-state index in [1.165, 1.54) is 0 Å². The third-order valence-electron chi connectivity index (χ3n) is 2.38. The number of ether oxygens (including phenoxy) is 2. The summed E-state index contributed by atoms with van der Waals surface area (Å²) in [5, 5.41) is 3.80. The summed E-state index contributed by atoms with van der Waals surface area (Å²) in [5.41, 5.74) is 1.12. The van der Waals surface area contributed by atoms with Crippen molar-refractivity contribution in [3.05, 3.63) is 33.8 Å². The molecule has 1 aromatic carbocycles. The van der Waals surface area contributed by atoms with Gasteiger partial charge in [-0.25, -0.2) is 0 Å². The summed E-state index contributed by atoms with van der Waals surface area (Å²) in [7, 11) is 1.61. The van der Waals surface area contributed by atoms with Crippen LogP contribution in [-0.4, -0.2) is 19.8 Å². The maximum atomic E-state index is 5.71. The fraction of sp³-hybridized carbons (Fsp3) is 0.429. The van der Waals surface area contributed by atoms with Gasteiger partial charge in [-0.3, -0.25) is 0 Å². The second kappa shape index (κ2) is 7.78. The Labute approximate surface area is 128 Å². The van der Waals surface area contributed by atoms with Gasteiger partial charge in [0.25, 0.3) is 0 Å². The molecular weight excluding hydrogens is 330 g/mol. The van der Waals surface area contributed by atoms with Crippen LogP contribution in [-0.2, 0) is 6.54 Å². The molecule has 106 valence electrons. The molecule has 0 aliphatic carbocycles. The van der Waals surface area contributed by atoms with Crippen molar-refractivity contribution in [2.45, 2.75) is 26.4 Å². The summed E-state index contributed by atoms with van der Waals surface area (Å²) in [4.78, 5) is 0. The predicted molar refractivity (Wildman–Crippen MR) is 83.2 cm³/mol. The number of hydrogen-bond acceptors (Lipinski definition) is 3. The highest BCUT2D eigenvalue weighted by Gasteiger charge is 2.12. The smallest absolute Gasteiger partial charge is 0.175 e. The Morgan fingerprint density at radius 3 is 2.68 bits per heavy atom. The molecule has 0 aliphatic heterocycles. The van der Waals surface area contributed by atoms with Crippen molar-refractivity contribution in [1.82, 2.24) is 5.32 Å². The minimum atomic E-state index is 0.250. The third kappa shape index (κ3) is 5.43. The molecule has 0 saturated heterocycles. The van der Waals surface area contributed by atoms with E-state index >= 15 is 0 Å². The quantitative estimate of drug-likeness (QED) is 0.805. The van der Waals surface area contributed by atoms with Crippen LogP contribution in [0.2, 0.25) is 0 Å². The molecule has 1 N–H and O–H groups in total. The maximum absolute atomic E-state index is 5.71. The summed E-state index contributed by atoms with van der Waals surface area (Å²) < 4.78 is 11.8. The van der Waals surface area contributed by atoms with Crippen molar-refractivity contribution in [2.75, 3.05) is 13.7 Å². The minimum absolute atomic E-state index is 0.250. The van der Waals surface area contributed by atoms with Crippen LogP contribution >= 0.6 is 27.5 Å². The Morgan fingerprint density at radius 1 is 1.47 bits per heavy atom. The number of halogens is 2. The highest BCUT2D eigenvalue weighted by atomic mass is 79.9. The molecule has 0 aliphatic rings. The van der Waals surface area contributed by atoms with E-state index in [1.807, 2.05) is 12.1 Å². The summed E-state index contributed by atoms with van der Waals surface area (Å²) in [6.07, 6.45) is 0. The van der Waals surface area contributed by atoms with E-state index in [0.717, 1.165) is 16.6 Å². The Balaban J connectivity index is 2.90. The van der Waals surface area contributed by atoms with Gasteiger partial charge in [-0.15, -0.1) is 0 Å². The Kier molecular flexibility index (Phi) is 6.69. The number of hydrogen-bond donors (Lipinski definition) is 1. The third-order valence-corrected chi connectivity index (χ3v) is 3.07. The van der Waals surface area contributed by atoms with Gasteiger partial charge in [-0.1, -0.05) is 32.0 Å². The standard InChI is InChI=1S/C14H19BrClNO2/c1-9(2)17-7-11-5-12(15)14(13(6-11)18-4)19-8-10(3)16/h5-6,9,17H,3,7-8H2,1-2,4H3. The molecule has 1 rings (SSSR count). The first kappa shape index (κ1) is 16.3. The monoisotopic (exact) mass is 347 g/mol. The molecule has 3 nitrogen and oxygen atoms in total. The van der Waals surface area contributed by atoms with Gasteiger partial charge in [0.15, 0.2) is 11.5 Å². The van der Waals surface area contributed by atoms with Crippen LogP contribution in [0.15, 0.2) is 28.2 Å². The van der Waals surface area contributed by atoms with Gasteiger partial charge in [0.05, 0.1) is 11.6 Å². The molecule has 1 aromatic rings.